The molecule has 0 aliphatic carbocycles. The van der Waals surface area contributed by atoms with Crippen LogP contribution in [0, 0.1) is 0 Å². The van der Waals surface area contributed by atoms with Gasteiger partial charge in [-0.1, -0.05) is 0 Å². The van der Waals surface area contributed by atoms with Gasteiger partial charge in [0, 0.05) is 0 Å². The van der Waals surface area contributed by atoms with E-state index >= 15 is 0 Å². The van der Waals surface area contributed by atoms with Crippen LogP contribution in [0.1, 0.15) is 24.2 Å². The number of carboxylic acids is 1. The van der Waals surface area contributed by atoms with Crippen LogP contribution in [0.2, 0.25) is 0 Å². The minimum atomic E-state index is -1.13. The molecule has 1 aromatic rings. The highest BCUT2D eigenvalue weighted by Gasteiger charge is 2.21. The monoisotopic (exact) mass is 236 g/mol. The molecule has 1 N–H and O–H groups in total. The predicted octanol–water partition coefficient (Wildman–Crippen LogP) is 1.31. The van der Waals surface area contributed by atoms with Gasteiger partial charge in [0.1, 0.15) is 5.75 Å². The molecule has 0 amide bonds. The molecule has 0 aromatic heterocycles. The van der Waals surface area contributed by atoms with Crippen molar-refractivity contribution in [3.63, 3.8) is 0 Å². The summed E-state index contributed by atoms with van der Waals surface area (Å²) in [5, 5.41) is 8.69. The van der Waals surface area contributed by atoms with Crippen LogP contribution in [0.15, 0.2) is 24.3 Å². The first-order chi connectivity index (χ1) is 7.91. The smallest absolute Gasteiger partial charge is 0.335 e. The maximum atomic E-state index is 11.1. The molecule has 1 rings (SSSR count). The van der Waals surface area contributed by atoms with Crippen LogP contribution in [0.5, 0.6) is 5.75 Å². The van der Waals surface area contributed by atoms with E-state index in [-0.39, 0.29) is 22.9 Å². The summed E-state index contributed by atoms with van der Waals surface area (Å²) >= 11 is 0. The molecule has 0 bridgehead atoms. The lowest BCUT2D eigenvalue weighted by Gasteiger charge is -2.13. The maximum absolute atomic E-state index is 11.1. The van der Waals surface area contributed by atoms with Gasteiger partial charge in [0.15, 0.2) is 11.6 Å². The molecule has 0 unspecified atom stereocenters. The van der Waals surface area contributed by atoms with Gasteiger partial charge in [-0.15, -0.1) is 0 Å². The zero-order chi connectivity index (χ0) is 13.0. The molecule has 0 heterocycles. The lowest BCUT2D eigenvalue weighted by Crippen LogP contribution is -2.32. The quantitative estimate of drug-likeness (QED) is 0.779. The van der Waals surface area contributed by atoms with E-state index in [1.165, 1.54) is 38.1 Å². The molecule has 0 atom stereocenters. The van der Waals surface area contributed by atoms with Crippen molar-refractivity contribution in [1.82, 2.24) is 0 Å². The Kier molecular flexibility index (Phi) is 3.98. The van der Waals surface area contributed by atoms with E-state index in [9.17, 15) is 14.4 Å². The van der Waals surface area contributed by atoms with Gasteiger partial charge < -0.3 is 9.84 Å². The van der Waals surface area contributed by atoms with Crippen molar-refractivity contribution >= 4 is 17.5 Å². The molecule has 1 aromatic carbocycles. The Hall–Kier alpha value is -2.17. The third kappa shape index (κ3) is 3.41. The summed E-state index contributed by atoms with van der Waals surface area (Å²) in [7, 11) is 0. The molecule has 0 aliphatic rings. The molecule has 0 spiro atoms. The summed E-state index contributed by atoms with van der Waals surface area (Å²) in [4.78, 5) is 32.9. The van der Waals surface area contributed by atoms with Crippen molar-refractivity contribution in [3.8, 4) is 5.75 Å². The van der Waals surface area contributed by atoms with E-state index in [0.717, 1.165) is 0 Å². The minimum Gasteiger partial charge on any atom is -0.478 e. The molecular weight excluding hydrogens is 224 g/mol. The molecule has 0 radical (unpaired) electrons. The normalized spacial score (nSPS) is 10.1. The first-order valence-electron chi connectivity index (χ1n) is 4.92. The summed E-state index contributed by atoms with van der Waals surface area (Å²) in [6, 6.07) is 5.49. The highest BCUT2D eigenvalue weighted by Crippen LogP contribution is 2.14. The molecular formula is C12H12O5. The predicted molar refractivity (Wildman–Crippen MR) is 59.2 cm³/mol. The van der Waals surface area contributed by atoms with E-state index in [1.807, 2.05) is 0 Å². The Labute approximate surface area is 98.0 Å². The average Bonchev–Trinajstić information content (AvgIpc) is 2.25. The fraction of sp³-hybridized carbons (Fsp3) is 0.250. The van der Waals surface area contributed by atoms with Gasteiger partial charge in [0.05, 0.1) is 5.56 Å². The van der Waals surface area contributed by atoms with E-state index in [4.69, 9.17) is 9.84 Å². The third-order valence-corrected chi connectivity index (χ3v) is 2.09. The largest absolute Gasteiger partial charge is 0.478 e. The van der Waals surface area contributed by atoms with E-state index in [1.54, 1.807) is 0 Å². The average molecular weight is 236 g/mol. The fourth-order valence-electron chi connectivity index (χ4n) is 1.26. The van der Waals surface area contributed by atoms with Crippen molar-refractivity contribution in [3.05, 3.63) is 29.8 Å². The molecule has 17 heavy (non-hydrogen) atoms. The van der Waals surface area contributed by atoms with Gasteiger partial charge in [0.25, 0.3) is 0 Å². The Balaban J connectivity index is 2.84. The second-order valence-corrected chi connectivity index (χ2v) is 3.55. The molecule has 0 saturated carbocycles. The molecule has 5 nitrogen and oxygen atoms in total. The Morgan fingerprint density at radius 3 is 1.88 bits per heavy atom. The second-order valence-electron chi connectivity index (χ2n) is 3.55. The number of rotatable bonds is 5. The zero-order valence-corrected chi connectivity index (χ0v) is 9.47. The Bertz CT molecular complexity index is 432. The van der Waals surface area contributed by atoms with Crippen molar-refractivity contribution in [2.24, 2.45) is 0 Å². The lowest BCUT2D eigenvalue weighted by molar-refractivity contribution is -0.134. The van der Waals surface area contributed by atoms with Crippen LogP contribution in [0.3, 0.4) is 0 Å². The number of benzene rings is 1. The van der Waals surface area contributed by atoms with Gasteiger partial charge in [-0.3, -0.25) is 9.59 Å². The topological polar surface area (TPSA) is 80.7 Å². The first kappa shape index (κ1) is 12.9. The minimum absolute atomic E-state index is 0.111. The van der Waals surface area contributed by atoms with Crippen LogP contribution < -0.4 is 4.74 Å². The van der Waals surface area contributed by atoms with Crippen molar-refractivity contribution in [2.75, 3.05) is 0 Å². The summed E-state index contributed by atoms with van der Waals surface area (Å²) in [6.07, 6.45) is -1.13. The summed E-state index contributed by atoms with van der Waals surface area (Å²) in [6.45, 7) is 2.52. The van der Waals surface area contributed by atoms with Crippen LogP contribution >= 0.6 is 0 Å². The number of Topliss-reactive ketones (excluding diaryl/α,β-unsaturated/α-hetero) is 2. The van der Waals surface area contributed by atoms with Gasteiger partial charge in [-0.05, 0) is 38.1 Å². The third-order valence-electron chi connectivity index (χ3n) is 2.09. The van der Waals surface area contributed by atoms with E-state index in [2.05, 4.69) is 0 Å². The fourth-order valence-corrected chi connectivity index (χ4v) is 1.26. The van der Waals surface area contributed by atoms with Crippen LogP contribution in [-0.4, -0.2) is 28.7 Å². The second kappa shape index (κ2) is 5.25. The van der Waals surface area contributed by atoms with Gasteiger partial charge in [-0.2, -0.15) is 0 Å². The summed E-state index contributed by atoms with van der Waals surface area (Å²) < 4.78 is 5.18. The number of ketones is 2. The van der Waals surface area contributed by atoms with Crippen molar-refractivity contribution < 1.29 is 24.2 Å². The number of carbonyl (C=O) groups excluding carboxylic acids is 2. The first-order valence-corrected chi connectivity index (χ1v) is 4.92. The maximum Gasteiger partial charge on any atom is 0.335 e. The van der Waals surface area contributed by atoms with Gasteiger partial charge in [-0.25, -0.2) is 4.79 Å². The SMILES string of the molecule is CC(=O)C(Oc1ccc(C(=O)O)cc1)C(C)=O. The van der Waals surface area contributed by atoms with Crippen molar-refractivity contribution in [1.29, 1.82) is 0 Å². The highest BCUT2D eigenvalue weighted by atomic mass is 16.5. The summed E-state index contributed by atoms with van der Waals surface area (Å²) in [5.41, 5.74) is 0.111. The zero-order valence-electron chi connectivity index (χ0n) is 9.47. The van der Waals surface area contributed by atoms with Crippen molar-refractivity contribution in [2.45, 2.75) is 20.0 Å². The van der Waals surface area contributed by atoms with Crippen LogP contribution in [0.4, 0.5) is 0 Å². The van der Waals surface area contributed by atoms with E-state index in [0.29, 0.717) is 0 Å². The van der Waals surface area contributed by atoms with E-state index < -0.39 is 12.1 Å². The lowest BCUT2D eigenvalue weighted by atomic mass is 10.2. The standard InChI is InChI=1S/C12H12O5/c1-7(13)11(8(2)14)17-10-5-3-9(4-6-10)12(15)16/h3-6,11H,1-2H3,(H,15,16). The number of aromatic carboxylic acids is 1. The molecule has 0 fully saturated rings. The molecule has 5 heteroatoms. The Morgan fingerprint density at radius 2 is 1.53 bits per heavy atom. The molecule has 0 saturated heterocycles. The van der Waals surface area contributed by atoms with Crippen LogP contribution in [0.25, 0.3) is 0 Å². The van der Waals surface area contributed by atoms with Gasteiger partial charge in [0.2, 0.25) is 6.10 Å². The van der Waals surface area contributed by atoms with Gasteiger partial charge >= 0.3 is 5.97 Å². The highest BCUT2D eigenvalue weighted by molar-refractivity contribution is 6.03. The number of ether oxygens (including phenoxy) is 1. The number of carbonyl (C=O) groups is 3. The number of carboxylic acid groups (broad SMARTS) is 1. The summed E-state index contributed by atoms with van der Waals surface area (Å²) in [5.74, 6) is -1.55. The number of hydrogen-bond acceptors (Lipinski definition) is 4. The number of hydrogen-bond donors (Lipinski definition) is 1. The Morgan fingerprint density at radius 1 is 1.06 bits per heavy atom. The van der Waals surface area contributed by atoms with Crippen LogP contribution in [-0.2, 0) is 9.59 Å². The molecule has 0 aliphatic heterocycles. The molecule has 90 valence electrons.